The standard InChI is InChI=1S/C14H15N7O4S/c1-2-24-11(23)5-8-6-26-14(17-8)18-9(22)3-4-10-19-13(21-25-10)12-15-7-16-20-12/h6-7H,2-5H2,1H3,(H,15,16,20)(H,17,18,22). The van der Waals surface area contributed by atoms with Gasteiger partial charge in [-0.3, -0.25) is 14.7 Å². The average molecular weight is 377 g/mol. The zero-order valence-corrected chi connectivity index (χ0v) is 14.6. The molecule has 3 aromatic heterocycles. The number of hydrogen-bond donors (Lipinski definition) is 2. The number of hydrogen-bond acceptors (Lipinski definition) is 10. The number of aromatic amines is 1. The van der Waals surface area contributed by atoms with Crippen molar-refractivity contribution in [1.82, 2.24) is 30.3 Å². The van der Waals surface area contributed by atoms with Gasteiger partial charge in [0, 0.05) is 18.2 Å². The van der Waals surface area contributed by atoms with E-state index in [2.05, 4.69) is 35.6 Å². The molecule has 0 saturated carbocycles. The number of carbonyl (C=O) groups excluding carboxylic acids is 2. The van der Waals surface area contributed by atoms with Crippen LogP contribution in [-0.4, -0.2) is 48.8 Å². The van der Waals surface area contributed by atoms with Crippen LogP contribution in [0.5, 0.6) is 0 Å². The summed E-state index contributed by atoms with van der Waals surface area (Å²) in [7, 11) is 0. The summed E-state index contributed by atoms with van der Waals surface area (Å²) in [6.07, 6.45) is 1.83. The summed E-state index contributed by atoms with van der Waals surface area (Å²) in [6.45, 7) is 2.06. The van der Waals surface area contributed by atoms with Crippen molar-refractivity contribution in [2.45, 2.75) is 26.2 Å². The maximum Gasteiger partial charge on any atom is 0.311 e. The van der Waals surface area contributed by atoms with Crippen LogP contribution in [0.3, 0.4) is 0 Å². The minimum Gasteiger partial charge on any atom is -0.466 e. The Morgan fingerprint density at radius 1 is 1.38 bits per heavy atom. The summed E-state index contributed by atoms with van der Waals surface area (Å²) in [5, 5.41) is 14.9. The maximum absolute atomic E-state index is 12.0. The zero-order valence-electron chi connectivity index (χ0n) is 13.8. The monoisotopic (exact) mass is 377 g/mol. The molecule has 3 rings (SSSR count). The van der Waals surface area contributed by atoms with Gasteiger partial charge in [-0.15, -0.1) is 11.3 Å². The van der Waals surface area contributed by atoms with Gasteiger partial charge >= 0.3 is 5.97 Å². The van der Waals surface area contributed by atoms with Crippen molar-refractivity contribution in [3.8, 4) is 11.6 Å². The van der Waals surface area contributed by atoms with Crippen LogP contribution in [0, 0.1) is 0 Å². The minimum atomic E-state index is -0.352. The van der Waals surface area contributed by atoms with Gasteiger partial charge in [-0.1, -0.05) is 5.16 Å². The molecule has 136 valence electrons. The maximum atomic E-state index is 12.0. The molecule has 0 radical (unpaired) electrons. The third-order valence-corrected chi connectivity index (χ3v) is 3.90. The number of amides is 1. The van der Waals surface area contributed by atoms with E-state index in [1.807, 2.05) is 0 Å². The van der Waals surface area contributed by atoms with Gasteiger partial charge in [0.2, 0.25) is 17.6 Å². The van der Waals surface area contributed by atoms with Gasteiger partial charge in [-0.05, 0) is 6.92 Å². The summed E-state index contributed by atoms with van der Waals surface area (Å²) in [5.41, 5.74) is 0.553. The summed E-state index contributed by atoms with van der Waals surface area (Å²) < 4.78 is 9.92. The van der Waals surface area contributed by atoms with Gasteiger partial charge in [-0.25, -0.2) is 9.97 Å². The number of nitrogens with one attached hydrogen (secondary N) is 2. The van der Waals surface area contributed by atoms with Crippen molar-refractivity contribution in [3.05, 3.63) is 23.3 Å². The van der Waals surface area contributed by atoms with Crippen molar-refractivity contribution in [2.24, 2.45) is 0 Å². The lowest BCUT2D eigenvalue weighted by atomic mass is 10.3. The molecule has 0 aliphatic heterocycles. The Morgan fingerprint density at radius 2 is 2.27 bits per heavy atom. The Morgan fingerprint density at radius 3 is 3.04 bits per heavy atom. The highest BCUT2D eigenvalue weighted by Crippen LogP contribution is 2.17. The first kappa shape index (κ1) is 17.7. The van der Waals surface area contributed by atoms with Gasteiger partial charge < -0.3 is 14.6 Å². The van der Waals surface area contributed by atoms with Crippen molar-refractivity contribution in [2.75, 3.05) is 11.9 Å². The highest BCUT2D eigenvalue weighted by atomic mass is 32.1. The van der Waals surface area contributed by atoms with Crippen molar-refractivity contribution >= 4 is 28.3 Å². The van der Waals surface area contributed by atoms with Crippen LogP contribution in [0.2, 0.25) is 0 Å². The smallest absolute Gasteiger partial charge is 0.311 e. The highest BCUT2D eigenvalue weighted by molar-refractivity contribution is 7.13. The van der Waals surface area contributed by atoms with Crippen LogP contribution >= 0.6 is 11.3 Å². The van der Waals surface area contributed by atoms with E-state index in [1.54, 1.807) is 12.3 Å². The van der Waals surface area contributed by atoms with E-state index >= 15 is 0 Å². The molecule has 11 nitrogen and oxygen atoms in total. The molecular formula is C14H15N7O4S. The predicted octanol–water partition coefficient (Wildman–Crippen LogP) is 0.988. The molecule has 2 N–H and O–H groups in total. The van der Waals surface area contributed by atoms with E-state index in [0.29, 0.717) is 29.1 Å². The number of thiazole rings is 1. The van der Waals surface area contributed by atoms with Crippen molar-refractivity contribution in [3.63, 3.8) is 0 Å². The first-order valence-corrected chi connectivity index (χ1v) is 8.60. The van der Waals surface area contributed by atoms with Crippen LogP contribution in [0.4, 0.5) is 5.13 Å². The number of nitrogens with zero attached hydrogens (tertiary/aromatic N) is 5. The predicted molar refractivity (Wildman–Crippen MR) is 89.1 cm³/mol. The molecule has 0 unspecified atom stereocenters. The van der Waals surface area contributed by atoms with Crippen LogP contribution in [0.1, 0.15) is 24.9 Å². The fourth-order valence-electron chi connectivity index (χ4n) is 1.97. The fraction of sp³-hybridized carbons (Fsp3) is 0.357. The van der Waals surface area contributed by atoms with Gasteiger partial charge in [0.15, 0.2) is 11.0 Å². The third-order valence-electron chi connectivity index (χ3n) is 3.09. The van der Waals surface area contributed by atoms with Crippen LogP contribution in [0.15, 0.2) is 16.2 Å². The number of rotatable bonds is 8. The SMILES string of the molecule is CCOC(=O)Cc1csc(NC(=O)CCc2nc(-c3ncn[nH]3)no2)n1. The lowest BCUT2D eigenvalue weighted by molar-refractivity contribution is -0.142. The summed E-state index contributed by atoms with van der Waals surface area (Å²) in [5.74, 6) is 0.382. The Labute approximate surface area is 151 Å². The lowest BCUT2D eigenvalue weighted by Gasteiger charge is -2.00. The number of aromatic nitrogens is 6. The summed E-state index contributed by atoms with van der Waals surface area (Å²) >= 11 is 1.24. The molecule has 0 aromatic carbocycles. The average Bonchev–Trinajstić information content (AvgIpc) is 3.35. The molecule has 26 heavy (non-hydrogen) atoms. The zero-order chi connectivity index (χ0) is 18.4. The molecule has 0 bridgehead atoms. The Balaban J connectivity index is 1.47. The first-order valence-electron chi connectivity index (χ1n) is 7.72. The number of aryl methyl sites for hydroxylation is 1. The minimum absolute atomic E-state index is 0.0760. The summed E-state index contributed by atoms with van der Waals surface area (Å²) in [6, 6.07) is 0. The molecule has 3 heterocycles. The van der Waals surface area contributed by atoms with Crippen LogP contribution in [0.25, 0.3) is 11.6 Å². The number of ether oxygens (including phenoxy) is 1. The number of carbonyl (C=O) groups is 2. The third kappa shape index (κ3) is 4.69. The van der Waals surface area contributed by atoms with Crippen LogP contribution in [-0.2, 0) is 27.2 Å². The quantitative estimate of drug-likeness (QED) is 0.548. The second-order valence-corrected chi connectivity index (χ2v) is 5.88. The second kappa shape index (κ2) is 8.29. The lowest BCUT2D eigenvalue weighted by Crippen LogP contribution is -2.12. The second-order valence-electron chi connectivity index (χ2n) is 5.02. The first-order chi connectivity index (χ1) is 12.6. The topological polar surface area (TPSA) is 149 Å². The van der Waals surface area contributed by atoms with E-state index in [9.17, 15) is 9.59 Å². The highest BCUT2D eigenvalue weighted by Gasteiger charge is 2.14. The van der Waals surface area contributed by atoms with Crippen molar-refractivity contribution < 1.29 is 18.8 Å². The van der Waals surface area contributed by atoms with Gasteiger partial charge in [-0.2, -0.15) is 10.1 Å². The largest absolute Gasteiger partial charge is 0.466 e. The van der Waals surface area contributed by atoms with E-state index < -0.39 is 0 Å². The Hall–Kier alpha value is -3.15. The van der Waals surface area contributed by atoms with Gasteiger partial charge in [0.05, 0.1) is 18.7 Å². The molecule has 12 heteroatoms. The van der Waals surface area contributed by atoms with Crippen LogP contribution < -0.4 is 5.32 Å². The number of anilines is 1. The van der Waals surface area contributed by atoms with E-state index in [-0.39, 0.29) is 37.0 Å². The molecule has 0 spiro atoms. The molecule has 1 amide bonds. The van der Waals surface area contributed by atoms with Crippen molar-refractivity contribution in [1.29, 1.82) is 0 Å². The van der Waals surface area contributed by atoms with E-state index in [4.69, 9.17) is 9.26 Å². The van der Waals surface area contributed by atoms with E-state index in [1.165, 1.54) is 17.7 Å². The van der Waals surface area contributed by atoms with Gasteiger partial charge in [0.25, 0.3) is 0 Å². The molecule has 0 aliphatic carbocycles. The number of esters is 1. The molecular weight excluding hydrogens is 362 g/mol. The molecule has 0 fully saturated rings. The molecule has 0 saturated heterocycles. The Bertz CT molecular complexity index is 874. The fourth-order valence-corrected chi connectivity index (χ4v) is 2.70. The van der Waals surface area contributed by atoms with E-state index in [0.717, 1.165) is 0 Å². The normalized spacial score (nSPS) is 10.7. The molecule has 3 aromatic rings. The van der Waals surface area contributed by atoms with Gasteiger partial charge in [0.1, 0.15) is 6.33 Å². The molecule has 0 atom stereocenters. The summed E-state index contributed by atoms with van der Waals surface area (Å²) in [4.78, 5) is 35.6. The molecule has 0 aliphatic rings. The Kier molecular flexibility index (Phi) is 5.63. The number of H-pyrrole nitrogens is 1.